The molecule has 3 aromatic rings. The SMILES string of the molecule is C=CCN1C(=O)/C(=C\c2c(C)n(Cc3ccccc3F)c3ccccc23)SC1=S. The van der Waals surface area contributed by atoms with Crippen molar-refractivity contribution in [1.29, 1.82) is 0 Å². The molecule has 2 heterocycles. The van der Waals surface area contributed by atoms with Gasteiger partial charge in [0, 0.05) is 34.3 Å². The number of halogens is 1. The quantitative estimate of drug-likeness (QED) is 0.307. The standard InChI is InChI=1S/C23H19FN2OS2/c1-3-12-25-22(27)21(29-23(25)28)13-18-15(2)26(20-11-7-5-9-17(18)20)14-16-8-4-6-10-19(16)24/h3-11,13H,1,12,14H2,2H3/b21-13+. The summed E-state index contributed by atoms with van der Waals surface area (Å²) in [6, 6.07) is 14.8. The van der Waals surface area contributed by atoms with Crippen LogP contribution >= 0.6 is 24.0 Å². The molecule has 29 heavy (non-hydrogen) atoms. The van der Waals surface area contributed by atoms with Crippen molar-refractivity contribution in [3.8, 4) is 0 Å². The molecule has 4 rings (SSSR count). The molecule has 1 aromatic heterocycles. The summed E-state index contributed by atoms with van der Waals surface area (Å²) >= 11 is 6.65. The number of benzene rings is 2. The van der Waals surface area contributed by atoms with Crippen molar-refractivity contribution in [2.24, 2.45) is 0 Å². The number of carbonyl (C=O) groups is 1. The van der Waals surface area contributed by atoms with Gasteiger partial charge in [-0.1, -0.05) is 66.5 Å². The molecule has 1 fully saturated rings. The lowest BCUT2D eigenvalue weighted by molar-refractivity contribution is -0.121. The molecule has 146 valence electrons. The molecule has 0 atom stereocenters. The van der Waals surface area contributed by atoms with Crippen molar-refractivity contribution in [1.82, 2.24) is 9.47 Å². The molecule has 6 heteroatoms. The molecule has 1 amide bonds. The summed E-state index contributed by atoms with van der Waals surface area (Å²) < 4.78 is 16.9. The molecule has 2 aromatic carbocycles. The van der Waals surface area contributed by atoms with Crippen molar-refractivity contribution in [3.63, 3.8) is 0 Å². The number of hydrogen-bond acceptors (Lipinski definition) is 3. The smallest absolute Gasteiger partial charge is 0.266 e. The predicted octanol–water partition coefficient (Wildman–Crippen LogP) is 5.52. The van der Waals surface area contributed by atoms with E-state index < -0.39 is 0 Å². The number of hydrogen-bond donors (Lipinski definition) is 0. The second-order valence-corrected chi connectivity index (χ2v) is 8.45. The maximum Gasteiger partial charge on any atom is 0.266 e. The van der Waals surface area contributed by atoms with Crippen LogP contribution in [0.2, 0.25) is 0 Å². The van der Waals surface area contributed by atoms with Crippen LogP contribution < -0.4 is 0 Å². The van der Waals surface area contributed by atoms with Gasteiger partial charge in [-0.05, 0) is 25.1 Å². The predicted molar refractivity (Wildman–Crippen MR) is 122 cm³/mol. The minimum atomic E-state index is -0.225. The van der Waals surface area contributed by atoms with Gasteiger partial charge < -0.3 is 4.57 Å². The summed E-state index contributed by atoms with van der Waals surface area (Å²) in [5, 5.41) is 1.02. The minimum absolute atomic E-state index is 0.106. The number of aromatic nitrogens is 1. The minimum Gasteiger partial charge on any atom is -0.340 e. The van der Waals surface area contributed by atoms with Gasteiger partial charge in [0.2, 0.25) is 0 Å². The lowest BCUT2D eigenvalue weighted by atomic mass is 10.1. The monoisotopic (exact) mass is 422 g/mol. The van der Waals surface area contributed by atoms with Gasteiger partial charge in [0.05, 0.1) is 11.4 Å². The van der Waals surface area contributed by atoms with E-state index in [9.17, 15) is 9.18 Å². The third-order valence-electron chi connectivity index (χ3n) is 5.03. The molecular weight excluding hydrogens is 403 g/mol. The molecule has 3 nitrogen and oxygen atoms in total. The van der Waals surface area contributed by atoms with Gasteiger partial charge in [0.15, 0.2) is 0 Å². The van der Waals surface area contributed by atoms with Crippen LogP contribution in [0, 0.1) is 12.7 Å². The lowest BCUT2D eigenvalue weighted by Crippen LogP contribution is -2.27. The Hall–Kier alpha value is -2.70. The Labute approximate surface area is 178 Å². The van der Waals surface area contributed by atoms with Crippen LogP contribution in [0.4, 0.5) is 4.39 Å². The first-order valence-electron chi connectivity index (χ1n) is 9.18. The normalized spacial score (nSPS) is 15.7. The van der Waals surface area contributed by atoms with Crippen molar-refractivity contribution in [2.45, 2.75) is 13.5 Å². The average Bonchev–Trinajstić information content (AvgIpc) is 3.13. The Morgan fingerprint density at radius 3 is 2.66 bits per heavy atom. The first-order valence-corrected chi connectivity index (χ1v) is 10.4. The van der Waals surface area contributed by atoms with E-state index in [-0.39, 0.29) is 11.7 Å². The number of amides is 1. The van der Waals surface area contributed by atoms with Crippen LogP contribution in [0.1, 0.15) is 16.8 Å². The molecule has 0 aliphatic carbocycles. The van der Waals surface area contributed by atoms with Gasteiger partial charge in [-0.2, -0.15) is 0 Å². The topological polar surface area (TPSA) is 25.2 Å². The van der Waals surface area contributed by atoms with Crippen LogP contribution in [0.15, 0.2) is 66.1 Å². The molecule has 0 saturated carbocycles. The average molecular weight is 423 g/mol. The van der Waals surface area contributed by atoms with Crippen LogP contribution in [0.5, 0.6) is 0 Å². The van der Waals surface area contributed by atoms with E-state index in [1.807, 2.05) is 43.3 Å². The summed E-state index contributed by atoms with van der Waals surface area (Å²) in [6.45, 7) is 6.51. The van der Waals surface area contributed by atoms with E-state index >= 15 is 0 Å². The molecular formula is C23H19FN2OS2. The summed E-state index contributed by atoms with van der Waals surface area (Å²) in [5.41, 5.74) is 3.56. The zero-order chi connectivity index (χ0) is 20.5. The van der Waals surface area contributed by atoms with Crippen molar-refractivity contribution in [2.75, 3.05) is 6.54 Å². The second-order valence-electron chi connectivity index (χ2n) is 6.77. The number of carbonyl (C=O) groups excluding carboxylic acids is 1. The molecule has 0 spiro atoms. The first kappa shape index (κ1) is 19.6. The van der Waals surface area contributed by atoms with E-state index in [1.54, 1.807) is 23.1 Å². The second kappa shape index (κ2) is 7.97. The summed E-state index contributed by atoms with van der Waals surface area (Å²) in [5.74, 6) is -0.332. The number of thioether (sulfide) groups is 1. The maximum absolute atomic E-state index is 14.3. The fourth-order valence-electron chi connectivity index (χ4n) is 3.56. The van der Waals surface area contributed by atoms with Crippen molar-refractivity contribution < 1.29 is 9.18 Å². The van der Waals surface area contributed by atoms with Gasteiger partial charge in [-0.25, -0.2) is 4.39 Å². The highest BCUT2D eigenvalue weighted by atomic mass is 32.2. The Morgan fingerprint density at radius 2 is 1.90 bits per heavy atom. The highest BCUT2D eigenvalue weighted by Gasteiger charge is 2.31. The van der Waals surface area contributed by atoms with Gasteiger partial charge in [-0.3, -0.25) is 9.69 Å². The van der Waals surface area contributed by atoms with Gasteiger partial charge in [0.1, 0.15) is 10.1 Å². The molecule has 0 unspecified atom stereocenters. The molecule has 1 aliphatic heterocycles. The number of fused-ring (bicyclic) bond motifs is 1. The highest BCUT2D eigenvalue weighted by molar-refractivity contribution is 8.26. The van der Waals surface area contributed by atoms with Gasteiger partial charge in [0.25, 0.3) is 5.91 Å². The zero-order valence-corrected chi connectivity index (χ0v) is 17.5. The van der Waals surface area contributed by atoms with E-state index in [1.165, 1.54) is 17.8 Å². The van der Waals surface area contributed by atoms with Gasteiger partial charge >= 0.3 is 0 Å². The molecule has 1 aliphatic rings. The first-order chi connectivity index (χ1) is 14.0. The molecule has 0 bridgehead atoms. The third-order valence-corrected chi connectivity index (χ3v) is 6.40. The number of nitrogens with zero attached hydrogens (tertiary/aromatic N) is 2. The fraction of sp³-hybridized carbons (Fsp3) is 0.130. The molecule has 0 N–H and O–H groups in total. The molecule has 0 radical (unpaired) electrons. The van der Waals surface area contributed by atoms with E-state index in [0.29, 0.717) is 27.9 Å². The van der Waals surface area contributed by atoms with Crippen molar-refractivity contribution in [3.05, 3.63) is 88.7 Å². The lowest BCUT2D eigenvalue weighted by Gasteiger charge is -2.10. The maximum atomic E-state index is 14.3. The van der Waals surface area contributed by atoms with E-state index in [0.717, 1.165) is 22.2 Å². The largest absolute Gasteiger partial charge is 0.340 e. The van der Waals surface area contributed by atoms with Crippen molar-refractivity contribution >= 4 is 51.2 Å². The van der Waals surface area contributed by atoms with E-state index in [4.69, 9.17) is 12.2 Å². The highest BCUT2D eigenvalue weighted by Crippen LogP contribution is 2.36. The van der Waals surface area contributed by atoms with Crippen LogP contribution in [0.3, 0.4) is 0 Å². The fourth-order valence-corrected chi connectivity index (χ4v) is 4.82. The third kappa shape index (κ3) is 3.54. The van der Waals surface area contributed by atoms with Crippen LogP contribution in [0.25, 0.3) is 17.0 Å². The molecule has 1 saturated heterocycles. The Morgan fingerprint density at radius 1 is 1.17 bits per heavy atom. The van der Waals surface area contributed by atoms with Crippen LogP contribution in [-0.2, 0) is 11.3 Å². The van der Waals surface area contributed by atoms with Gasteiger partial charge in [-0.15, -0.1) is 6.58 Å². The summed E-state index contributed by atoms with van der Waals surface area (Å²) in [4.78, 5) is 14.9. The summed E-state index contributed by atoms with van der Waals surface area (Å²) in [6.07, 6.45) is 3.57. The number of thiocarbonyl (C=S) groups is 1. The Kier molecular flexibility index (Phi) is 5.39. The Balaban J connectivity index is 1.81. The van der Waals surface area contributed by atoms with Crippen LogP contribution in [-0.4, -0.2) is 26.2 Å². The summed E-state index contributed by atoms with van der Waals surface area (Å²) in [7, 11) is 0. The number of rotatable bonds is 5. The zero-order valence-electron chi connectivity index (χ0n) is 15.9. The number of para-hydroxylation sites is 1. The van der Waals surface area contributed by atoms with E-state index in [2.05, 4.69) is 11.1 Å². The Bertz CT molecular complexity index is 1180.